The fraction of sp³-hybridized carbons (Fsp3) is 0.167. The molecule has 2 rings (SSSR count). The van der Waals surface area contributed by atoms with Crippen LogP contribution in [0.15, 0.2) is 47.6 Å². The molecule has 1 aromatic heterocycles. The molecule has 4 nitrogen and oxygen atoms in total. The van der Waals surface area contributed by atoms with E-state index < -0.39 is 10.0 Å². The summed E-state index contributed by atoms with van der Waals surface area (Å²) in [5.41, 5.74) is 0.912. The summed E-state index contributed by atoms with van der Waals surface area (Å²) in [4.78, 5) is 0.211. The van der Waals surface area contributed by atoms with Crippen molar-refractivity contribution in [3.8, 4) is 0 Å². The van der Waals surface area contributed by atoms with Gasteiger partial charge in [0.05, 0.1) is 4.90 Å². The second-order valence-corrected chi connectivity index (χ2v) is 6.17. The van der Waals surface area contributed by atoms with Crippen molar-refractivity contribution in [3.63, 3.8) is 0 Å². The second-order valence-electron chi connectivity index (χ2n) is 3.96. The minimum absolute atomic E-state index is 0.211. The van der Waals surface area contributed by atoms with Crippen molar-refractivity contribution in [2.75, 3.05) is 0 Å². The van der Waals surface area contributed by atoms with Crippen LogP contribution in [0.4, 0.5) is 0 Å². The molecule has 0 atom stereocenters. The lowest BCUT2D eigenvalue weighted by Crippen LogP contribution is -2.22. The minimum Gasteiger partial charge on any atom is -0.357 e. The highest BCUT2D eigenvalue weighted by molar-refractivity contribution is 7.89. The van der Waals surface area contributed by atoms with Crippen molar-refractivity contribution in [1.82, 2.24) is 9.29 Å². The number of rotatable bonds is 4. The fourth-order valence-electron chi connectivity index (χ4n) is 1.54. The van der Waals surface area contributed by atoms with Gasteiger partial charge < -0.3 is 4.57 Å². The molecule has 0 amide bonds. The lowest BCUT2D eigenvalue weighted by molar-refractivity contribution is 0.581. The molecule has 0 aliphatic heterocycles. The van der Waals surface area contributed by atoms with E-state index in [4.69, 9.17) is 11.6 Å². The summed E-state index contributed by atoms with van der Waals surface area (Å²) in [6.45, 7) is 0.270. The largest absolute Gasteiger partial charge is 0.357 e. The molecule has 0 saturated heterocycles. The quantitative estimate of drug-likeness (QED) is 0.935. The van der Waals surface area contributed by atoms with Crippen LogP contribution in [0.5, 0.6) is 0 Å². The van der Waals surface area contributed by atoms with Crippen LogP contribution in [-0.2, 0) is 23.6 Å². The Morgan fingerprint density at radius 1 is 1.22 bits per heavy atom. The lowest BCUT2D eigenvalue weighted by atomic mass is 10.3. The standard InChI is InChI=1S/C12H13ClN2O2S/c1-15-7-6-10(9-15)8-14-18(16,17)12-4-2-11(13)3-5-12/h2-7,9,14H,8H2,1H3. The Balaban J connectivity index is 2.10. The number of nitrogens with one attached hydrogen (secondary N) is 1. The van der Waals surface area contributed by atoms with Gasteiger partial charge in [0, 0.05) is 31.0 Å². The zero-order chi connectivity index (χ0) is 13.2. The lowest BCUT2D eigenvalue weighted by Gasteiger charge is -2.05. The Morgan fingerprint density at radius 3 is 2.44 bits per heavy atom. The molecular weight excluding hydrogens is 272 g/mol. The Hall–Kier alpha value is -1.30. The molecule has 0 unspecified atom stereocenters. The molecule has 2 aromatic rings. The third-order valence-electron chi connectivity index (χ3n) is 2.48. The summed E-state index contributed by atoms with van der Waals surface area (Å²) in [5.74, 6) is 0. The SMILES string of the molecule is Cn1ccc(CNS(=O)(=O)c2ccc(Cl)cc2)c1. The van der Waals surface area contributed by atoms with Crippen LogP contribution in [0, 0.1) is 0 Å². The molecule has 0 aliphatic carbocycles. The van der Waals surface area contributed by atoms with E-state index in [-0.39, 0.29) is 11.4 Å². The van der Waals surface area contributed by atoms with Gasteiger partial charge in [-0.15, -0.1) is 0 Å². The zero-order valence-corrected chi connectivity index (χ0v) is 11.4. The summed E-state index contributed by atoms with van der Waals surface area (Å²) in [5, 5.41) is 0.511. The van der Waals surface area contributed by atoms with Gasteiger partial charge in [0.1, 0.15) is 0 Å². The van der Waals surface area contributed by atoms with Gasteiger partial charge in [0.15, 0.2) is 0 Å². The van der Waals surface area contributed by atoms with E-state index in [0.29, 0.717) is 5.02 Å². The van der Waals surface area contributed by atoms with E-state index in [1.54, 1.807) is 12.1 Å². The molecule has 18 heavy (non-hydrogen) atoms. The molecule has 0 saturated carbocycles. The maximum absolute atomic E-state index is 12.0. The molecule has 0 aliphatic rings. The van der Waals surface area contributed by atoms with Crippen molar-refractivity contribution in [2.45, 2.75) is 11.4 Å². The van der Waals surface area contributed by atoms with Crippen LogP contribution in [0.2, 0.25) is 5.02 Å². The van der Waals surface area contributed by atoms with Crippen molar-refractivity contribution in [3.05, 3.63) is 53.3 Å². The van der Waals surface area contributed by atoms with Gasteiger partial charge in [-0.1, -0.05) is 11.6 Å². The van der Waals surface area contributed by atoms with Gasteiger partial charge in [-0.2, -0.15) is 0 Å². The van der Waals surface area contributed by atoms with Crippen LogP contribution in [0.3, 0.4) is 0 Å². The minimum atomic E-state index is -3.48. The molecule has 6 heteroatoms. The van der Waals surface area contributed by atoms with Gasteiger partial charge >= 0.3 is 0 Å². The normalized spacial score (nSPS) is 11.7. The molecule has 96 valence electrons. The first kappa shape index (κ1) is 13.1. The number of nitrogens with zero attached hydrogens (tertiary/aromatic N) is 1. The summed E-state index contributed by atoms with van der Waals surface area (Å²) >= 11 is 5.72. The molecule has 0 spiro atoms. The Bertz CT molecular complexity index is 632. The van der Waals surface area contributed by atoms with E-state index in [9.17, 15) is 8.42 Å². The topological polar surface area (TPSA) is 51.1 Å². The van der Waals surface area contributed by atoms with Gasteiger partial charge in [-0.25, -0.2) is 13.1 Å². The van der Waals surface area contributed by atoms with Crippen molar-refractivity contribution < 1.29 is 8.42 Å². The zero-order valence-electron chi connectivity index (χ0n) is 9.80. The smallest absolute Gasteiger partial charge is 0.240 e. The molecule has 1 N–H and O–H groups in total. The number of hydrogen-bond acceptors (Lipinski definition) is 2. The predicted molar refractivity (Wildman–Crippen MR) is 70.9 cm³/mol. The van der Waals surface area contributed by atoms with E-state index in [1.165, 1.54) is 12.1 Å². The van der Waals surface area contributed by atoms with Gasteiger partial charge in [0.25, 0.3) is 0 Å². The summed E-state index contributed by atoms with van der Waals surface area (Å²) in [7, 11) is -1.60. The summed E-state index contributed by atoms with van der Waals surface area (Å²) in [6.07, 6.45) is 3.73. The first-order chi connectivity index (χ1) is 8.47. The molecular formula is C12H13ClN2O2S. The molecule has 0 fully saturated rings. The average Bonchev–Trinajstić information content (AvgIpc) is 2.73. The first-order valence-corrected chi connectivity index (χ1v) is 7.19. The van der Waals surface area contributed by atoms with E-state index in [0.717, 1.165) is 5.56 Å². The average molecular weight is 285 g/mol. The number of benzene rings is 1. The van der Waals surface area contributed by atoms with E-state index >= 15 is 0 Å². The highest BCUT2D eigenvalue weighted by Crippen LogP contribution is 2.14. The highest BCUT2D eigenvalue weighted by Gasteiger charge is 2.13. The number of sulfonamides is 1. The van der Waals surface area contributed by atoms with E-state index in [2.05, 4.69) is 4.72 Å². The summed E-state index contributed by atoms with van der Waals surface area (Å²) < 4.78 is 28.3. The van der Waals surface area contributed by atoms with Crippen molar-refractivity contribution in [2.24, 2.45) is 7.05 Å². The summed E-state index contributed by atoms with van der Waals surface area (Å²) in [6, 6.07) is 7.94. The Labute approximate surface area is 111 Å². The van der Waals surface area contributed by atoms with Gasteiger partial charge in [-0.05, 0) is 35.9 Å². The number of hydrogen-bond donors (Lipinski definition) is 1. The Kier molecular flexibility index (Phi) is 3.75. The van der Waals surface area contributed by atoms with Gasteiger partial charge in [-0.3, -0.25) is 0 Å². The van der Waals surface area contributed by atoms with E-state index in [1.807, 2.05) is 30.1 Å². The third-order valence-corrected chi connectivity index (χ3v) is 4.15. The maximum atomic E-state index is 12.0. The van der Waals surface area contributed by atoms with Crippen LogP contribution < -0.4 is 4.72 Å². The van der Waals surface area contributed by atoms with Crippen LogP contribution in [-0.4, -0.2) is 13.0 Å². The van der Waals surface area contributed by atoms with Crippen LogP contribution in [0.1, 0.15) is 5.56 Å². The van der Waals surface area contributed by atoms with Crippen molar-refractivity contribution in [1.29, 1.82) is 0 Å². The molecule has 0 radical (unpaired) electrons. The monoisotopic (exact) mass is 284 g/mol. The molecule has 1 aromatic carbocycles. The van der Waals surface area contributed by atoms with Crippen molar-refractivity contribution >= 4 is 21.6 Å². The first-order valence-electron chi connectivity index (χ1n) is 5.33. The van der Waals surface area contributed by atoms with Crippen LogP contribution >= 0.6 is 11.6 Å². The molecule has 0 bridgehead atoms. The highest BCUT2D eigenvalue weighted by atomic mass is 35.5. The number of aromatic nitrogens is 1. The fourth-order valence-corrected chi connectivity index (χ4v) is 2.68. The maximum Gasteiger partial charge on any atom is 0.240 e. The number of aryl methyl sites for hydroxylation is 1. The van der Waals surface area contributed by atoms with Gasteiger partial charge in [0.2, 0.25) is 10.0 Å². The third kappa shape index (κ3) is 3.13. The predicted octanol–water partition coefficient (Wildman–Crippen LogP) is 2.16. The van der Waals surface area contributed by atoms with Crippen LogP contribution in [0.25, 0.3) is 0 Å². The Morgan fingerprint density at radius 2 is 1.89 bits per heavy atom. The second kappa shape index (κ2) is 5.14. The number of halogens is 1. The molecule has 1 heterocycles.